The van der Waals surface area contributed by atoms with Crippen molar-refractivity contribution in [3.05, 3.63) is 30.5 Å². The van der Waals surface area contributed by atoms with Crippen LogP contribution in [0.3, 0.4) is 0 Å². The molecule has 0 aliphatic rings. The van der Waals surface area contributed by atoms with Gasteiger partial charge < -0.3 is 20.3 Å². The van der Waals surface area contributed by atoms with Gasteiger partial charge in [-0.3, -0.25) is 9.59 Å². The van der Waals surface area contributed by atoms with Crippen LogP contribution in [0.15, 0.2) is 30.5 Å². The van der Waals surface area contributed by atoms with Crippen molar-refractivity contribution in [1.29, 1.82) is 0 Å². The van der Waals surface area contributed by atoms with E-state index < -0.39 is 11.8 Å². The third-order valence-corrected chi connectivity index (χ3v) is 3.10. The van der Waals surface area contributed by atoms with E-state index in [0.29, 0.717) is 5.69 Å². The van der Waals surface area contributed by atoms with Crippen molar-refractivity contribution in [1.82, 2.24) is 9.88 Å². The van der Waals surface area contributed by atoms with E-state index in [1.54, 1.807) is 6.07 Å². The topological polar surface area (TPSA) is 83.4 Å². The molecule has 0 radical (unpaired) electrons. The summed E-state index contributed by atoms with van der Waals surface area (Å²) < 4.78 is 2.15. The Hall–Kier alpha value is -2.34. The molecular formula is C15H19N3O3. The first-order valence-corrected chi connectivity index (χ1v) is 6.94. The second-order valence-corrected chi connectivity index (χ2v) is 4.72. The molecule has 1 heterocycles. The van der Waals surface area contributed by atoms with Gasteiger partial charge in [0, 0.05) is 35.9 Å². The number of aryl methyl sites for hydroxylation is 1. The molecule has 0 aliphatic heterocycles. The van der Waals surface area contributed by atoms with E-state index >= 15 is 0 Å². The number of hydrogen-bond donors (Lipinski definition) is 3. The van der Waals surface area contributed by atoms with Crippen LogP contribution in [0.25, 0.3) is 10.9 Å². The molecule has 0 fully saturated rings. The number of hydrogen-bond acceptors (Lipinski definition) is 3. The number of nitrogens with zero attached hydrogens (tertiary/aromatic N) is 1. The van der Waals surface area contributed by atoms with E-state index in [9.17, 15) is 9.59 Å². The number of carbonyl (C=O) groups is 2. The average Bonchev–Trinajstić information content (AvgIpc) is 2.87. The van der Waals surface area contributed by atoms with Gasteiger partial charge in [-0.25, -0.2) is 0 Å². The van der Waals surface area contributed by atoms with Gasteiger partial charge in [-0.15, -0.1) is 0 Å². The van der Waals surface area contributed by atoms with Gasteiger partial charge in [-0.2, -0.15) is 0 Å². The van der Waals surface area contributed by atoms with E-state index in [4.69, 9.17) is 5.11 Å². The van der Waals surface area contributed by atoms with E-state index in [1.165, 1.54) is 0 Å². The van der Waals surface area contributed by atoms with Crippen LogP contribution in [0.2, 0.25) is 0 Å². The predicted octanol–water partition coefficient (Wildman–Crippen LogP) is 1.10. The lowest BCUT2D eigenvalue weighted by Gasteiger charge is -2.07. The maximum Gasteiger partial charge on any atom is 0.313 e. The highest BCUT2D eigenvalue weighted by Gasteiger charge is 2.13. The molecule has 1 aromatic carbocycles. The first kappa shape index (κ1) is 15.1. The molecule has 6 heteroatoms. The highest BCUT2D eigenvalue weighted by atomic mass is 16.3. The Balaban J connectivity index is 2.09. The molecule has 3 N–H and O–H groups in total. The van der Waals surface area contributed by atoms with Crippen LogP contribution in [-0.4, -0.2) is 34.6 Å². The molecule has 0 unspecified atom stereocenters. The quantitative estimate of drug-likeness (QED) is 0.721. The van der Waals surface area contributed by atoms with Crippen LogP contribution < -0.4 is 10.6 Å². The number of benzene rings is 1. The van der Waals surface area contributed by atoms with Crippen LogP contribution in [0, 0.1) is 0 Å². The fourth-order valence-electron chi connectivity index (χ4n) is 2.15. The monoisotopic (exact) mass is 289 g/mol. The van der Waals surface area contributed by atoms with Crippen molar-refractivity contribution in [2.24, 2.45) is 0 Å². The molecular weight excluding hydrogens is 270 g/mol. The van der Waals surface area contributed by atoms with Gasteiger partial charge in [0.25, 0.3) is 0 Å². The summed E-state index contributed by atoms with van der Waals surface area (Å²) in [7, 11) is 0. The van der Waals surface area contributed by atoms with Crippen LogP contribution in [0.4, 0.5) is 5.69 Å². The first-order chi connectivity index (χ1) is 10.2. The summed E-state index contributed by atoms with van der Waals surface area (Å²) in [4.78, 5) is 23.1. The largest absolute Gasteiger partial charge is 0.395 e. The summed E-state index contributed by atoms with van der Waals surface area (Å²) in [6, 6.07) is 7.50. The molecule has 21 heavy (non-hydrogen) atoms. The van der Waals surface area contributed by atoms with E-state index in [0.717, 1.165) is 23.9 Å². The molecule has 2 rings (SSSR count). The van der Waals surface area contributed by atoms with Gasteiger partial charge in [-0.05, 0) is 30.7 Å². The number of amides is 2. The van der Waals surface area contributed by atoms with Crippen molar-refractivity contribution in [3.8, 4) is 0 Å². The molecule has 0 atom stereocenters. The maximum absolute atomic E-state index is 11.7. The molecule has 2 aromatic rings. The Morgan fingerprint density at radius 1 is 1.24 bits per heavy atom. The minimum absolute atomic E-state index is 0.0607. The molecule has 112 valence electrons. The number of rotatable bonds is 5. The van der Waals surface area contributed by atoms with E-state index in [1.807, 2.05) is 24.4 Å². The van der Waals surface area contributed by atoms with Gasteiger partial charge in [0.1, 0.15) is 0 Å². The second-order valence-electron chi connectivity index (χ2n) is 4.72. The van der Waals surface area contributed by atoms with Crippen molar-refractivity contribution >= 4 is 28.4 Å². The number of aromatic nitrogens is 1. The summed E-state index contributed by atoms with van der Waals surface area (Å²) in [5.74, 6) is -1.50. The minimum Gasteiger partial charge on any atom is -0.395 e. The van der Waals surface area contributed by atoms with Crippen LogP contribution in [-0.2, 0) is 16.1 Å². The summed E-state index contributed by atoms with van der Waals surface area (Å²) in [5, 5.41) is 14.5. The fourth-order valence-corrected chi connectivity index (χ4v) is 2.15. The van der Waals surface area contributed by atoms with Gasteiger partial charge in [0.15, 0.2) is 0 Å². The number of fused-ring (bicyclic) bond motifs is 1. The molecule has 0 spiro atoms. The summed E-state index contributed by atoms with van der Waals surface area (Å²) in [5.41, 5.74) is 1.67. The molecule has 6 nitrogen and oxygen atoms in total. The van der Waals surface area contributed by atoms with Crippen molar-refractivity contribution in [2.75, 3.05) is 18.5 Å². The zero-order chi connectivity index (χ0) is 15.2. The van der Waals surface area contributed by atoms with Crippen LogP contribution >= 0.6 is 0 Å². The van der Waals surface area contributed by atoms with Crippen LogP contribution in [0.1, 0.15) is 13.3 Å². The van der Waals surface area contributed by atoms with Crippen LogP contribution in [0.5, 0.6) is 0 Å². The Kier molecular flexibility index (Phi) is 4.94. The minimum atomic E-state index is -0.757. The highest BCUT2D eigenvalue weighted by molar-refractivity contribution is 6.39. The smallest absolute Gasteiger partial charge is 0.313 e. The Morgan fingerprint density at radius 2 is 2.05 bits per heavy atom. The summed E-state index contributed by atoms with van der Waals surface area (Å²) in [6.07, 6.45) is 3.06. The molecule has 2 amide bonds. The third kappa shape index (κ3) is 3.61. The van der Waals surface area contributed by atoms with Crippen molar-refractivity contribution < 1.29 is 14.7 Å². The lowest BCUT2D eigenvalue weighted by Crippen LogP contribution is -2.36. The number of nitrogens with one attached hydrogen (secondary N) is 2. The average molecular weight is 289 g/mol. The molecule has 0 bridgehead atoms. The lowest BCUT2D eigenvalue weighted by atomic mass is 10.2. The van der Waals surface area contributed by atoms with E-state index in [2.05, 4.69) is 22.1 Å². The molecule has 0 saturated heterocycles. The Labute approximate surface area is 122 Å². The van der Waals surface area contributed by atoms with Gasteiger partial charge in [-0.1, -0.05) is 6.92 Å². The van der Waals surface area contributed by atoms with Crippen molar-refractivity contribution in [2.45, 2.75) is 19.9 Å². The second kappa shape index (κ2) is 6.90. The number of aliphatic hydroxyl groups excluding tert-OH is 1. The third-order valence-electron chi connectivity index (χ3n) is 3.10. The zero-order valence-corrected chi connectivity index (χ0v) is 11.9. The molecule has 1 aromatic heterocycles. The van der Waals surface area contributed by atoms with Gasteiger partial charge in [0.05, 0.1) is 6.61 Å². The lowest BCUT2D eigenvalue weighted by molar-refractivity contribution is -0.136. The Bertz CT molecular complexity index is 649. The van der Waals surface area contributed by atoms with Gasteiger partial charge >= 0.3 is 11.8 Å². The molecule has 0 saturated carbocycles. The summed E-state index contributed by atoms with van der Waals surface area (Å²) >= 11 is 0. The fraction of sp³-hybridized carbons (Fsp3) is 0.333. The number of anilines is 1. The zero-order valence-electron chi connectivity index (χ0n) is 11.9. The predicted molar refractivity (Wildman–Crippen MR) is 81.0 cm³/mol. The Morgan fingerprint density at radius 3 is 2.76 bits per heavy atom. The maximum atomic E-state index is 11.7. The van der Waals surface area contributed by atoms with Crippen molar-refractivity contribution in [3.63, 3.8) is 0 Å². The normalized spacial score (nSPS) is 10.6. The molecule has 0 aliphatic carbocycles. The number of carbonyl (C=O) groups excluding carboxylic acids is 2. The first-order valence-electron chi connectivity index (χ1n) is 6.94. The van der Waals surface area contributed by atoms with Gasteiger partial charge in [0.2, 0.25) is 0 Å². The summed E-state index contributed by atoms with van der Waals surface area (Å²) in [6.45, 7) is 2.92. The number of aliphatic hydroxyl groups is 1. The SMILES string of the molecule is CCCn1ccc2cc(NC(=O)C(=O)NCCO)ccc21. The standard InChI is InChI=1S/C15H19N3O3/c1-2-7-18-8-5-11-10-12(3-4-13(11)18)17-15(21)14(20)16-6-9-19/h3-5,8,10,19H,2,6-7,9H2,1H3,(H,16,20)(H,17,21). The van der Waals surface area contributed by atoms with E-state index in [-0.39, 0.29) is 13.2 Å². The highest BCUT2D eigenvalue weighted by Crippen LogP contribution is 2.20.